The lowest BCUT2D eigenvalue weighted by Crippen LogP contribution is -2.29. The van der Waals surface area contributed by atoms with Crippen LogP contribution in [0.3, 0.4) is 0 Å². The average molecular weight is 484 g/mol. The predicted molar refractivity (Wildman–Crippen MR) is 142 cm³/mol. The van der Waals surface area contributed by atoms with E-state index in [0.717, 1.165) is 35.5 Å². The SMILES string of the molecule is NC(=O)c1ccc(Nc2nc(Nc3cc(C4CC4)[nH]n3)c3cc(N4CCCCC4)ccc3n2)cc1N. The summed E-state index contributed by atoms with van der Waals surface area (Å²) in [5, 5.41) is 15.1. The van der Waals surface area contributed by atoms with Gasteiger partial charge in [0.15, 0.2) is 5.82 Å². The molecule has 1 aliphatic carbocycles. The molecule has 6 rings (SSSR count). The van der Waals surface area contributed by atoms with Crippen LogP contribution in [0.5, 0.6) is 0 Å². The van der Waals surface area contributed by atoms with Gasteiger partial charge in [0.1, 0.15) is 5.82 Å². The zero-order chi connectivity index (χ0) is 24.6. The van der Waals surface area contributed by atoms with Crippen molar-refractivity contribution in [1.29, 1.82) is 0 Å². The van der Waals surface area contributed by atoms with Crippen molar-refractivity contribution in [2.24, 2.45) is 5.73 Å². The quantitative estimate of drug-likeness (QED) is 0.243. The molecule has 10 nitrogen and oxygen atoms in total. The zero-order valence-corrected chi connectivity index (χ0v) is 19.9. The Bertz CT molecular complexity index is 1440. The number of aromatic amines is 1. The highest BCUT2D eigenvalue weighted by Crippen LogP contribution is 2.40. The molecule has 7 N–H and O–H groups in total. The lowest BCUT2D eigenvalue weighted by molar-refractivity contribution is 0.100. The molecule has 4 aromatic rings. The summed E-state index contributed by atoms with van der Waals surface area (Å²) < 4.78 is 0. The number of primary amides is 1. The fourth-order valence-electron chi connectivity index (χ4n) is 4.74. The Kier molecular flexibility index (Phi) is 5.55. The van der Waals surface area contributed by atoms with Crippen molar-refractivity contribution in [3.63, 3.8) is 0 Å². The Morgan fingerprint density at radius 2 is 1.83 bits per heavy atom. The van der Waals surface area contributed by atoms with Gasteiger partial charge in [0.2, 0.25) is 5.95 Å². The van der Waals surface area contributed by atoms with Crippen molar-refractivity contribution in [1.82, 2.24) is 20.2 Å². The van der Waals surface area contributed by atoms with Crippen molar-refractivity contribution in [2.75, 3.05) is 34.4 Å². The van der Waals surface area contributed by atoms with Crippen molar-refractivity contribution in [3.05, 3.63) is 53.7 Å². The molecule has 1 aliphatic heterocycles. The maximum Gasteiger partial charge on any atom is 0.250 e. The Balaban J connectivity index is 1.37. The minimum atomic E-state index is -0.568. The van der Waals surface area contributed by atoms with Gasteiger partial charge in [-0.25, -0.2) is 4.98 Å². The van der Waals surface area contributed by atoms with E-state index in [1.165, 1.54) is 37.8 Å². The number of aromatic nitrogens is 4. The molecule has 1 saturated carbocycles. The summed E-state index contributed by atoms with van der Waals surface area (Å²) in [4.78, 5) is 23.5. The smallest absolute Gasteiger partial charge is 0.250 e. The molecule has 0 radical (unpaired) electrons. The van der Waals surface area contributed by atoms with Gasteiger partial charge >= 0.3 is 0 Å². The second-order valence-corrected chi connectivity index (χ2v) is 9.54. The maximum absolute atomic E-state index is 11.5. The van der Waals surface area contributed by atoms with Crippen LogP contribution in [0.1, 0.15) is 54.1 Å². The van der Waals surface area contributed by atoms with E-state index in [-0.39, 0.29) is 5.56 Å². The lowest BCUT2D eigenvalue weighted by Gasteiger charge is -2.29. The minimum Gasteiger partial charge on any atom is -0.398 e. The van der Waals surface area contributed by atoms with E-state index >= 15 is 0 Å². The number of nitrogen functional groups attached to an aromatic ring is 1. The van der Waals surface area contributed by atoms with Crippen LogP contribution in [0.2, 0.25) is 0 Å². The third-order valence-corrected chi connectivity index (χ3v) is 6.84. The fourth-order valence-corrected chi connectivity index (χ4v) is 4.74. The molecule has 2 aromatic heterocycles. The summed E-state index contributed by atoms with van der Waals surface area (Å²) in [6, 6.07) is 13.3. The number of hydrogen-bond donors (Lipinski definition) is 5. The zero-order valence-electron chi connectivity index (χ0n) is 19.9. The number of carbonyl (C=O) groups is 1. The third-order valence-electron chi connectivity index (χ3n) is 6.84. The van der Waals surface area contributed by atoms with E-state index in [1.807, 2.05) is 6.07 Å². The van der Waals surface area contributed by atoms with Crippen LogP contribution in [-0.4, -0.2) is 39.2 Å². The molecule has 3 heterocycles. The highest BCUT2D eigenvalue weighted by molar-refractivity contribution is 5.99. The normalized spacial score (nSPS) is 15.7. The number of nitrogens with zero attached hydrogens (tertiary/aromatic N) is 4. The number of hydrogen-bond acceptors (Lipinski definition) is 8. The first kappa shape index (κ1) is 22.1. The summed E-state index contributed by atoms with van der Waals surface area (Å²) >= 11 is 0. The summed E-state index contributed by atoms with van der Waals surface area (Å²) in [5.74, 6) is 1.80. The number of anilines is 6. The molecule has 10 heteroatoms. The van der Waals surface area contributed by atoms with Gasteiger partial charge < -0.3 is 27.0 Å². The van der Waals surface area contributed by atoms with E-state index in [2.05, 4.69) is 43.9 Å². The predicted octanol–water partition coefficient (Wildman–Crippen LogP) is 4.39. The van der Waals surface area contributed by atoms with Crippen LogP contribution in [-0.2, 0) is 0 Å². The lowest BCUT2D eigenvalue weighted by atomic mass is 10.1. The molecule has 2 fully saturated rings. The van der Waals surface area contributed by atoms with E-state index < -0.39 is 5.91 Å². The first-order valence-electron chi connectivity index (χ1n) is 12.4. The number of rotatable bonds is 7. The minimum absolute atomic E-state index is 0.276. The van der Waals surface area contributed by atoms with Gasteiger partial charge in [-0.05, 0) is 68.5 Å². The van der Waals surface area contributed by atoms with Crippen molar-refractivity contribution >= 4 is 51.5 Å². The molecular weight excluding hydrogens is 454 g/mol. The Morgan fingerprint density at radius 3 is 2.58 bits per heavy atom. The molecule has 2 aromatic carbocycles. The van der Waals surface area contributed by atoms with E-state index in [1.54, 1.807) is 18.2 Å². The monoisotopic (exact) mass is 483 g/mol. The van der Waals surface area contributed by atoms with Crippen LogP contribution in [0, 0.1) is 0 Å². The fraction of sp³-hybridized carbons (Fsp3) is 0.308. The van der Waals surface area contributed by atoms with Crippen molar-refractivity contribution in [3.8, 4) is 0 Å². The molecule has 184 valence electrons. The Labute approximate surface area is 208 Å². The molecule has 0 atom stereocenters. The number of H-pyrrole nitrogens is 1. The second kappa shape index (κ2) is 9.03. The molecule has 2 aliphatic rings. The molecule has 0 spiro atoms. The van der Waals surface area contributed by atoms with Crippen LogP contribution < -0.4 is 27.0 Å². The summed E-state index contributed by atoms with van der Waals surface area (Å²) in [6.07, 6.45) is 6.09. The third kappa shape index (κ3) is 4.49. The van der Waals surface area contributed by atoms with Gasteiger partial charge in [0, 0.05) is 53.2 Å². The largest absolute Gasteiger partial charge is 0.398 e. The highest BCUT2D eigenvalue weighted by atomic mass is 16.1. The van der Waals surface area contributed by atoms with Gasteiger partial charge in [-0.2, -0.15) is 10.1 Å². The standard InChI is InChI=1S/C26H29N9O/c27-20-12-16(6-8-18(20)24(28)36)29-26-30-21-9-7-17(35-10-2-1-3-11-35)13-19(21)25(32-26)31-23-14-22(33-34-23)15-4-5-15/h6-9,12-15H,1-5,10-11,27H2,(H2,28,36)(H3,29,30,31,32,33,34). The molecule has 1 saturated heterocycles. The van der Waals surface area contributed by atoms with Gasteiger partial charge in [-0.3, -0.25) is 9.89 Å². The van der Waals surface area contributed by atoms with Crippen LogP contribution in [0.15, 0.2) is 42.5 Å². The maximum atomic E-state index is 11.5. The topological polar surface area (TPSA) is 151 Å². The molecule has 1 amide bonds. The highest BCUT2D eigenvalue weighted by Gasteiger charge is 2.25. The van der Waals surface area contributed by atoms with Crippen LogP contribution >= 0.6 is 0 Å². The van der Waals surface area contributed by atoms with Crippen LogP contribution in [0.25, 0.3) is 10.9 Å². The van der Waals surface area contributed by atoms with Crippen molar-refractivity contribution < 1.29 is 4.79 Å². The molecule has 36 heavy (non-hydrogen) atoms. The van der Waals surface area contributed by atoms with Gasteiger partial charge in [-0.1, -0.05) is 0 Å². The number of benzene rings is 2. The Morgan fingerprint density at radius 1 is 1.00 bits per heavy atom. The van der Waals surface area contributed by atoms with Gasteiger partial charge in [-0.15, -0.1) is 0 Å². The number of amides is 1. The van der Waals surface area contributed by atoms with E-state index in [0.29, 0.717) is 29.1 Å². The van der Waals surface area contributed by atoms with E-state index in [4.69, 9.17) is 21.4 Å². The number of fused-ring (bicyclic) bond motifs is 1. The van der Waals surface area contributed by atoms with Crippen LogP contribution in [0.4, 0.5) is 34.6 Å². The van der Waals surface area contributed by atoms with E-state index in [9.17, 15) is 4.79 Å². The molecule has 0 unspecified atom stereocenters. The molecular formula is C26H29N9O. The summed E-state index contributed by atoms with van der Waals surface area (Å²) in [5.41, 5.74) is 15.7. The summed E-state index contributed by atoms with van der Waals surface area (Å²) in [6.45, 7) is 2.11. The number of nitrogens with two attached hydrogens (primary N) is 2. The number of nitrogens with one attached hydrogen (secondary N) is 3. The van der Waals surface area contributed by atoms with Gasteiger partial charge in [0.05, 0.1) is 11.1 Å². The second-order valence-electron chi connectivity index (χ2n) is 9.54. The summed E-state index contributed by atoms with van der Waals surface area (Å²) in [7, 11) is 0. The van der Waals surface area contributed by atoms with Crippen molar-refractivity contribution in [2.45, 2.75) is 38.0 Å². The Hall–Kier alpha value is -4.34. The first-order chi connectivity index (χ1) is 17.5. The first-order valence-corrected chi connectivity index (χ1v) is 12.4. The van der Waals surface area contributed by atoms with Gasteiger partial charge in [0.25, 0.3) is 5.91 Å². The molecule has 0 bridgehead atoms. The average Bonchev–Trinajstić information content (AvgIpc) is 3.63. The number of piperidine rings is 1. The number of carbonyl (C=O) groups excluding carboxylic acids is 1.